The lowest BCUT2D eigenvalue weighted by molar-refractivity contribution is -0.394. The average molecular weight is 364 g/mol. The minimum Gasteiger partial charge on any atom is -0.482 e. The van der Waals surface area contributed by atoms with Gasteiger partial charge in [-0.05, 0) is 6.07 Å². The van der Waals surface area contributed by atoms with Crippen molar-refractivity contribution in [2.24, 2.45) is 0 Å². The Bertz CT molecular complexity index is 861. The summed E-state index contributed by atoms with van der Waals surface area (Å²) in [6, 6.07) is 2.09. The molecule has 25 heavy (non-hydrogen) atoms. The SMILES string of the molecule is O=[N+]([O-])c1ccc(OCc2c(F)c(F)c(F)c(F)c2F)c([N+](=O)[O-])c1. The second-order valence-electron chi connectivity index (χ2n) is 4.50. The van der Waals surface area contributed by atoms with Crippen LogP contribution in [0.1, 0.15) is 5.56 Å². The monoisotopic (exact) mass is 364 g/mol. The molecule has 0 bridgehead atoms. The van der Waals surface area contributed by atoms with Gasteiger partial charge in [-0.1, -0.05) is 0 Å². The number of halogens is 5. The van der Waals surface area contributed by atoms with Crippen LogP contribution in [0.5, 0.6) is 5.75 Å². The van der Waals surface area contributed by atoms with Crippen LogP contribution in [0.15, 0.2) is 18.2 Å². The highest BCUT2D eigenvalue weighted by Gasteiger charge is 2.27. The molecule has 2 rings (SSSR count). The highest BCUT2D eigenvalue weighted by Crippen LogP contribution is 2.32. The second kappa shape index (κ2) is 6.67. The van der Waals surface area contributed by atoms with Crippen molar-refractivity contribution >= 4 is 11.4 Å². The summed E-state index contributed by atoms with van der Waals surface area (Å²) in [5.74, 6) is -11.7. The van der Waals surface area contributed by atoms with Crippen LogP contribution in [-0.2, 0) is 6.61 Å². The lowest BCUT2D eigenvalue weighted by atomic mass is 10.2. The van der Waals surface area contributed by atoms with E-state index in [0.29, 0.717) is 6.07 Å². The highest BCUT2D eigenvalue weighted by molar-refractivity contribution is 5.53. The number of benzene rings is 2. The predicted molar refractivity (Wildman–Crippen MR) is 70.3 cm³/mol. The molecule has 7 nitrogen and oxygen atoms in total. The van der Waals surface area contributed by atoms with Crippen molar-refractivity contribution in [1.29, 1.82) is 0 Å². The van der Waals surface area contributed by atoms with E-state index in [1.54, 1.807) is 0 Å². The van der Waals surface area contributed by atoms with Crippen LogP contribution < -0.4 is 4.74 Å². The number of non-ortho nitro benzene ring substituents is 1. The smallest absolute Gasteiger partial charge is 0.317 e. The highest BCUT2D eigenvalue weighted by atomic mass is 19.2. The summed E-state index contributed by atoms with van der Waals surface area (Å²) < 4.78 is 70.8. The van der Waals surface area contributed by atoms with E-state index < -0.39 is 68.2 Å². The van der Waals surface area contributed by atoms with Crippen LogP contribution in [0.3, 0.4) is 0 Å². The first kappa shape index (κ1) is 18.0. The van der Waals surface area contributed by atoms with Gasteiger partial charge in [-0.15, -0.1) is 0 Å². The fraction of sp³-hybridized carbons (Fsp3) is 0.0769. The predicted octanol–water partition coefficient (Wildman–Crippen LogP) is 3.78. The molecule has 0 aliphatic rings. The molecule has 0 saturated heterocycles. The molecule has 0 spiro atoms. The Morgan fingerprint density at radius 2 is 1.36 bits per heavy atom. The molecule has 0 aromatic heterocycles. The van der Waals surface area contributed by atoms with Gasteiger partial charge in [-0.25, -0.2) is 22.0 Å². The molecule has 0 atom stereocenters. The standard InChI is InChI=1S/C13H5F5N2O5/c14-9-6(10(15)12(17)13(18)11(9)16)4-25-8-2-1-5(19(21)22)3-7(8)20(23)24/h1-3H,4H2. The molecule has 12 heteroatoms. The number of nitrogens with zero attached hydrogens (tertiary/aromatic N) is 2. The third-order valence-electron chi connectivity index (χ3n) is 3.02. The van der Waals surface area contributed by atoms with Crippen LogP contribution >= 0.6 is 0 Å². The fourth-order valence-corrected chi connectivity index (χ4v) is 1.81. The van der Waals surface area contributed by atoms with Crippen molar-refractivity contribution < 1.29 is 36.5 Å². The van der Waals surface area contributed by atoms with Crippen molar-refractivity contribution in [1.82, 2.24) is 0 Å². The topological polar surface area (TPSA) is 95.5 Å². The molecular weight excluding hydrogens is 359 g/mol. The van der Waals surface area contributed by atoms with Gasteiger partial charge in [0, 0.05) is 6.07 Å². The Balaban J connectivity index is 2.40. The lowest BCUT2D eigenvalue weighted by Crippen LogP contribution is -2.10. The van der Waals surface area contributed by atoms with E-state index >= 15 is 0 Å². The van der Waals surface area contributed by atoms with Crippen LogP contribution in [0.2, 0.25) is 0 Å². The zero-order chi connectivity index (χ0) is 18.9. The molecule has 132 valence electrons. The van der Waals surface area contributed by atoms with E-state index in [-0.39, 0.29) is 0 Å². The zero-order valence-electron chi connectivity index (χ0n) is 11.8. The summed E-state index contributed by atoms with van der Waals surface area (Å²) in [5, 5.41) is 21.5. The Morgan fingerprint density at radius 3 is 1.84 bits per heavy atom. The second-order valence-corrected chi connectivity index (χ2v) is 4.50. The van der Waals surface area contributed by atoms with Gasteiger partial charge in [0.1, 0.15) is 6.61 Å². The fourth-order valence-electron chi connectivity index (χ4n) is 1.81. The van der Waals surface area contributed by atoms with Gasteiger partial charge in [0.15, 0.2) is 29.0 Å². The number of hydrogen-bond acceptors (Lipinski definition) is 5. The summed E-state index contributed by atoms with van der Waals surface area (Å²) in [4.78, 5) is 19.5. The van der Waals surface area contributed by atoms with E-state index in [0.717, 1.165) is 12.1 Å². The molecule has 0 unspecified atom stereocenters. The Hall–Kier alpha value is -3.31. The molecule has 0 fully saturated rings. The molecule has 0 amide bonds. The van der Waals surface area contributed by atoms with E-state index in [1.807, 2.05) is 0 Å². The van der Waals surface area contributed by atoms with E-state index in [1.165, 1.54) is 0 Å². The van der Waals surface area contributed by atoms with Gasteiger partial charge in [0.25, 0.3) is 5.69 Å². The Morgan fingerprint density at radius 1 is 0.840 bits per heavy atom. The molecule has 0 saturated carbocycles. The summed E-state index contributed by atoms with van der Waals surface area (Å²) in [6.07, 6.45) is 0. The van der Waals surface area contributed by atoms with Crippen LogP contribution in [0, 0.1) is 49.3 Å². The Labute approximate surface area is 134 Å². The molecule has 0 aliphatic heterocycles. The minimum atomic E-state index is -2.36. The van der Waals surface area contributed by atoms with Gasteiger partial charge >= 0.3 is 5.69 Å². The van der Waals surface area contributed by atoms with Gasteiger partial charge in [-0.2, -0.15) is 0 Å². The largest absolute Gasteiger partial charge is 0.482 e. The molecule has 0 heterocycles. The van der Waals surface area contributed by atoms with Crippen molar-refractivity contribution in [2.75, 3.05) is 0 Å². The van der Waals surface area contributed by atoms with E-state index in [4.69, 9.17) is 4.74 Å². The number of hydrogen-bond donors (Lipinski definition) is 0. The number of nitro benzene ring substituents is 2. The van der Waals surface area contributed by atoms with Gasteiger partial charge in [-0.3, -0.25) is 20.2 Å². The summed E-state index contributed by atoms with van der Waals surface area (Å²) in [7, 11) is 0. The van der Waals surface area contributed by atoms with E-state index in [9.17, 15) is 42.2 Å². The first-order valence-electron chi connectivity index (χ1n) is 6.21. The van der Waals surface area contributed by atoms with Crippen molar-refractivity contribution in [3.63, 3.8) is 0 Å². The molecule has 2 aromatic rings. The van der Waals surface area contributed by atoms with Crippen LogP contribution in [0.4, 0.5) is 33.3 Å². The maximum absolute atomic E-state index is 13.5. The van der Waals surface area contributed by atoms with Gasteiger partial charge < -0.3 is 4.74 Å². The molecular formula is C13H5F5N2O5. The first-order chi connectivity index (χ1) is 11.6. The van der Waals surface area contributed by atoms with Crippen molar-refractivity contribution in [3.05, 3.63) is 73.1 Å². The van der Waals surface area contributed by atoms with Crippen molar-refractivity contribution in [2.45, 2.75) is 6.61 Å². The summed E-state index contributed by atoms with van der Waals surface area (Å²) in [5.41, 5.74) is -2.92. The lowest BCUT2D eigenvalue weighted by Gasteiger charge is -2.10. The first-order valence-corrected chi connectivity index (χ1v) is 6.21. The van der Waals surface area contributed by atoms with Crippen molar-refractivity contribution in [3.8, 4) is 5.75 Å². The third-order valence-corrected chi connectivity index (χ3v) is 3.02. The molecule has 2 aromatic carbocycles. The van der Waals surface area contributed by atoms with Gasteiger partial charge in [0.2, 0.25) is 5.82 Å². The maximum atomic E-state index is 13.5. The molecule has 0 radical (unpaired) electrons. The maximum Gasteiger partial charge on any atom is 0.317 e. The average Bonchev–Trinajstić information content (AvgIpc) is 2.58. The number of ether oxygens (including phenoxy) is 1. The molecule has 0 N–H and O–H groups in total. The van der Waals surface area contributed by atoms with E-state index in [2.05, 4.69) is 0 Å². The Kier molecular flexibility index (Phi) is 4.81. The quantitative estimate of drug-likeness (QED) is 0.265. The third kappa shape index (κ3) is 3.32. The minimum absolute atomic E-state index is 0.522. The number of rotatable bonds is 5. The normalized spacial score (nSPS) is 10.6. The zero-order valence-corrected chi connectivity index (χ0v) is 11.8. The number of nitro groups is 2. The summed E-state index contributed by atoms with van der Waals surface area (Å²) >= 11 is 0. The van der Waals surface area contributed by atoms with Gasteiger partial charge in [0.05, 0.1) is 21.5 Å². The van der Waals surface area contributed by atoms with Crippen LogP contribution in [-0.4, -0.2) is 9.85 Å². The molecule has 0 aliphatic carbocycles. The van der Waals surface area contributed by atoms with Crippen LogP contribution in [0.25, 0.3) is 0 Å². The summed E-state index contributed by atoms with van der Waals surface area (Å²) in [6.45, 7) is -1.23.